The van der Waals surface area contributed by atoms with Crippen LogP contribution in [0.5, 0.6) is 0 Å². The summed E-state index contributed by atoms with van der Waals surface area (Å²) in [6.45, 7) is 4.06. The van der Waals surface area contributed by atoms with E-state index in [-0.39, 0.29) is 17.5 Å². The highest BCUT2D eigenvalue weighted by atomic mass is 16.6. The van der Waals surface area contributed by atoms with E-state index in [4.69, 9.17) is 5.73 Å². The minimum Gasteiger partial charge on any atom is -0.330 e. The molecule has 104 valence electrons. The molecule has 0 aliphatic carbocycles. The summed E-state index contributed by atoms with van der Waals surface area (Å²) in [6.07, 6.45) is 1.16. The Bertz CT molecular complexity index is 474. The maximum atomic E-state index is 11.8. The molecule has 0 radical (unpaired) electrons. The summed E-state index contributed by atoms with van der Waals surface area (Å²) in [5, 5.41) is 13.6. The minimum absolute atomic E-state index is 0.0341. The minimum atomic E-state index is -0.433. The van der Waals surface area contributed by atoms with Gasteiger partial charge in [-0.3, -0.25) is 14.9 Å². The maximum absolute atomic E-state index is 11.8. The number of anilines is 1. The van der Waals surface area contributed by atoms with Gasteiger partial charge in [0, 0.05) is 23.2 Å². The summed E-state index contributed by atoms with van der Waals surface area (Å²) in [7, 11) is 0. The highest BCUT2D eigenvalue weighted by molar-refractivity contribution is 5.92. The highest BCUT2D eigenvalue weighted by Crippen LogP contribution is 2.24. The smallest absolute Gasteiger partial charge is 0.274 e. The van der Waals surface area contributed by atoms with Crippen molar-refractivity contribution in [3.05, 3.63) is 33.9 Å². The molecule has 19 heavy (non-hydrogen) atoms. The van der Waals surface area contributed by atoms with Crippen LogP contribution in [0.2, 0.25) is 0 Å². The van der Waals surface area contributed by atoms with Crippen molar-refractivity contribution >= 4 is 17.3 Å². The van der Waals surface area contributed by atoms with Crippen LogP contribution in [0.15, 0.2) is 18.2 Å². The number of benzene rings is 1. The number of nitrogens with zero attached hydrogens (tertiary/aromatic N) is 1. The Labute approximate surface area is 112 Å². The van der Waals surface area contributed by atoms with Crippen molar-refractivity contribution in [1.29, 1.82) is 0 Å². The largest absolute Gasteiger partial charge is 0.330 e. The zero-order chi connectivity index (χ0) is 14.4. The number of hydrogen-bond acceptors (Lipinski definition) is 4. The molecule has 1 amide bonds. The number of aryl methyl sites for hydroxylation is 1. The standard InChI is InChI=1S/C13H19N3O3/c1-3-10-4-5-11(8-12(10)16(18)19)15-13(17)9(2)6-7-14/h4-5,8-9H,3,6-7,14H2,1-2H3,(H,15,17). The Hall–Kier alpha value is -1.95. The van der Waals surface area contributed by atoms with Gasteiger partial charge < -0.3 is 11.1 Å². The molecular weight excluding hydrogens is 246 g/mol. The van der Waals surface area contributed by atoms with Crippen LogP contribution >= 0.6 is 0 Å². The van der Waals surface area contributed by atoms with Crippen molar-refractivity contribution in [2.24, 2.45) is 11.7 Å². The van der Waals surface area contributed by atoms with Crippen molar-refractivity contribution in [2.75, 3.05) is 11.9 Å². The SMILES string of the molecule is CCc1ccc(NC(=O)C(C)CCN)cc1[N+](=O)[O-]. The van der Waals surface area contributed by atoms with Crippen LogP contribution in [-0.2, 0) is 11.2 Å². The van der Waals surface area contributed by atoms with Crippen LogP contribution in [0.25, 0.3) is 0 Å². The molecule has 1 aromatic carbocycles. The van der Waals surface area contributed by atoms with E-state index in [0.29, 0.717) is 30.6 Å². The van der Waals surface area contributed by atoms with Crippen LogP contribution in [0.1, 0.15) is 25.8 Å². The second-order valence-electron chi connectivity index (χ2n) is 4.42. The normalized spacial score (nSPS) is 11.9. The number of nitro benzene ring substituents is 1. The maximum Gasteiger partial charge on any atom is 0.274 e. The molecule has 0 aliphatic heterocycles. The monoisotopic (exact) mass is 265 g/mol. The van der Waals surface area contributed by atoms with Crippen molar-refractivity contribution in [3.8, 4) is 0 Å². The van der Waals surface area contributed by atoms with Gasteiger partial charge in [-0.25, -0.2) is 0 Å². The molecule has 1 unspecified atom stereocenters. The predicted molar refractivity (Wildman–Crippen MR) is 73.9 cm³/mol. The molecule has 0 bridgehead atoms. The van der Waals surface area contributed by atoms with Gasteiger partial charge in [0.2, 0.25) is 5.91 Å². The molecule has 0 aliphatic rings. The number of hydrogen-bond donors (Lipinski definition) is 2. The topological polar surface area (TPSA) is 98.3 Å². The molecule has 0 saturated carbocycles. The van der Waals surface area contributed by atoms with Gasteiger partial charge in [0.25, 0.3) is 5.69 Å². The highest BCUT2D eigenvalue weighted by Gasteiger charge is 2.16. The van der Waals surface area contributed by atoms with Crippen LogP contribution in [0.4, 0.5) is 11.4 Å². The third-order valence-electron chi connectivity index (χ3n) is 2.98. The third kappa shape index (κ3) is 4.03. The lowest BCUT2D eigenvalue weighted by molar-refractivity contribution is -0.385. The van der Waals surface area contributed by atoms with Crippen LogP contribution in [-0.4, -0.2) is 17.4 Å². The lowest BCUT2D eigenvalue weighted by Crippen LogP contribution is -2.22. The third-order valence-corrected chi connectivity index (χ3v) is 2.98. The molecule has 1 atom stereocenters. The Balaban J connectivity index is 2.88. The van der Waals surface area contributed by atoms with Crippen molar-refractivity contribution < 1.29 is 9.72 Å². The number of carbonyl (C=O) groups excluding carboxylic acids is 1. The summed E-state index contributed by atoms with van der Waals surface area (Å²) in [5.74, 6) is -0.390. The van der Waals surface area contributed by atoms with E-state index in [1.54, 1.807) is 19.1 Å². The molecule has 3 N–H and O–H groups in total. The fraction of sp³-hybridized carbons (Fsp3) is 0.462. The molecular formula is C13H19N3O3. The van der Waals surface area contributed by atoms with Gasteiger partial charge in [0.05, 0.1) is 4.92 Å². The summed E-state index contributed by atoms with van der Waals surface area (Å²) in [4.78, 5) is 22.3. The Morgan fingerprint density at radius 1 is 1.53 bits per heavy atom. The zero-order valence-corrected chi connectivity index (χ0v) is 11.2. The Morgan fingerprint density at radius 2 is 2.21 bits per heavy atom. The van der Waals surface area contributed by atoms with Crippen molar-refractivity contribution in [2.45, 2.75) is 26.7 Å². The van der Waals surface area contributed by atoms with Crippen LogP contribution in [0.3, 0.4) is 0 Å². The van der Waals surface area contributed by atoms with Gasteiger partial charge in [0.15, 0.2) is 0 Å². The molecule has 1 rings (SSSR count). The van der Waals surface area contributed by atoms with E-state index >= 15 is 0 Å². The molecule has 0 heterocycles. The molecule has 1 aromatic rings. The first-order chi connectivity index (χ1) is 8.99. The first kappa shape index (κ1) is 15.1. The van der Waals surface area contributed by atoms with Crippen molar-refractivity contribution in [3.63, 3.8) is 0 Å². The van der Waals surface area contributed by atoms with Gasteiger partial charge in [-0.05, 0) is 25.5 Å². The average molecular weight is 265 g/mol. The van der Waals surface area contributed by atoms with E-state index in [9.17, 15) is 14.9 Å². The number of nitrogens with one attached hydrogen (secondary N) is 1. The summed E-state index contributed by atoms with van der Waals surface area (Å²) < 4.78 is 0. The van der Waals surface area contributed by atoms with Gasteiger partial charge in [0.1, 0.15) is 0 Å². The Morgan fingerprint density at radius 3 is 2.74 bits per heavy atom. The fourth-order valence-electron chi connectivity index (χ4n) is 1.76. The average Bonchev–Trinajstić information content (AvgIpc) is 2.38. The molecule has 0 saturated heterocycles. The van der Waals surface area contributed by atoms with Crippen LogP contribution < -0.4 is 11.1 Å². The lowest BCUT2D eigenvalue weighted by Gasteiger charge is -2.11. The van der Waals surface area contributed by atoms with Crippen LogP contribution in [0, 0.1) is 16.0 Å². The first-order valence-corrected chi connectivity index (χ1v) is 6.27. The number of rotatable bonds is 6. The molecule has 0 fully saturated rings. The second kappa shape index (κ2) is 6.84. The first-order valence-electron chi connectivity index (χ1n) is 6.27. The number of nitrogens with two attached hydrogens (primary N) is 1. The number of amides is 1. The lowest BCUT2D eigenvalue weighted by atomic mass is 10.1. The van der Waals surface area contributed by atoms with Gasteiger partial charge >= 0.3 is 0 Å². The molecule has 0 aromatic heterocycles. The second-order valence-corrected chi connectivity index (χ2v) is 4.42. The molecule has 0 spiro atoms. The quantitative estimate of drug-likeness (QED) is 0.607. The summed E-state index contributed by atoms with van der Waals surface area (Å²) in [5.41, 5.74) is 6.52. The Kier molecular flexibility index (Phi) is 5.44. The predicted octanol–water partition coefficient (Wildman–Crippen LogP) is 2.08. The van der Waals surface area contributed by atoms with E-state index in [0.717, 1.165) is 0 Å². The van der Waals surface area contributed by atoms with E-state index in [2.05, 4.69) is 5.32 Å². The van der Waals surface area contributed by atoms with E-state index in [1.165, 1.54) is 6.07 Å². The zero-order valence-electron chi connectivity index (χ0n) is 11.2. The summed E-state index contributed by atoms with van der Waals surface area (Å²) >= 11 is 0. The summed E-state index contributed by atoms with van der Waals surface area (Å²) in [6, 6.07) is 4.74. The number of carbonyl (C=O) groups is 1. The molecule has 6 heteroatoms. The van der Waals surface area contributed by atoms with Crippen molar-refractivity contribution in [1.82, 2.24) is 0 Å². The number of nitro groups is 1. The molecule has 6 nitrogen and oxygen atoms in total. The van der Waals surface area contributed by atoms with E-state index in [1.807, 2.05) is 6.92 Å². The van der Waals surface area contributed by atoms with E-state index < -0.39 is 4.92 Å². The fourth-order valence-corrected chi connectivity index (χ4v) is 1.76. The van der Waals surface area contributed by atoms with Gasteiger partial charge in [-0.15, -0.1) is 0 Å². The van der Waals surface area contributed by atoms with Gasteiger partial charge in [-0.1, -0.05) is 19.9 Å². The van der Waals surface area contributed by atoms with Gasteiger partial charge in [-0.2, -0.15) is 0 Å².